The maximum absolute atomic E-state index is 10.2. The van der Waals surface area contributed by atoms with Gasteiger partial charge in [0.1, 0.15) is 5.75 Å². The average Bonchev–Trinajstić information content (AvgIpc) is 2.17. The highest BCUT2D eigenvalue weighted by molar-refractivity contribution is 5.52. The summed E-state index contributed by atoms with van der Waals surface area (Å²) in [6.45, 7) is 8.09. The zero-order valence-electron chi connectivity index (χ0n) is 10.4. The maximum Gasteiger partial charge on any atom is 0.198 e. The highest BCUT2D eigenvalue weighted by Gasteiger charge is 2.19. The highest BCUT2D eigenvalue weighted by Crippen LogP contribution is 2.34. The van der Waals surface area contributed by atoms with Crippen LogP contribution in [0.1, 0.15) is 43.9 Å². The van der Waals surface area contributed by atoms with Crippen molar-refractivity contribution in [2.24, 2.45) is 0 Å². The third kappa shape index (κ3) is 2.84. The normalized spacial score (nSPS) is 11.5. The van der Waals surface area contributed by atoms with E-state index in [1.807, 2.05) is 25.3 Å². The van der Waals surface area contributed by atoms with Crippen molar-refractivity contribution in [2.45, 2.75) is 46.0 Å². The summed E-state index contributed by atoms with van der Waals surface area (Å²) in [6, 6.07) is 3.92. The first-order chi connectivity index (χ1) is 7.36. The third-order valence-corrected chi connectivity index (χ3v) is 2.68. The Bertz CT molecular complexity index is 386. The van der Waals surface area contributed by atoms with Gasteiger partial charge in [-0.15, -0.1) is 0 Å². The minimum absolute atomic E-state index is 0.0876. The van der Waals surface area contributed by atoms with Gasteiger partial charge in [-0.05, 0) is 35.4 Å². The van der Waals surface area contributed by atoms with Gasteiger partial charge in [-0.25, -0.2) is 0 Å². The number of carbonyl (C=O) groups excluding carboxylic acids is 1. The minimum Gasteiger partial charge on any atom is -0.507 e. The minimum atomic E-state index is -0.0876. The van der Waals surface area contributed by atoms with Gasteiger partial charge < -0.3 is 5.11 Å². The molecule has 0 unspecified atom stereocenters. The fourth-order valence-corrected chi connectivity index (χ4v) is 1.77. The first-order valence-electron chi connectivity index (χ1n) is 5.54. The summed E-state index contributed by atoms with van der Waals surface area (Å²) in [6.07, 6.45) is 2.99. The summed E-state index contributed by atoms with van der Waals surface area (Å²) in [4.78, 5) is 10.2. The molecule has 0 atom stereocenters. The van der Waals surface area contributed by atoms with Crippen LogP contribution in [0.4, 0.5) is 0 Å². The fourth-order valence-electron chi connectivity index (χ4n) is 1.77. The number of hydrogen-bond acceptors (Lipinski definition) is 2. The number of hydrogen-bond donors (Lipinski definition) is 1. The summed E-state index contributed by atoms with van der Waals surface area (Å²) < 4.78 is 0. The van der Waals surface area contributed by atoms with Crippen molar-refractivity contribution in [3.63, 3.8) is 0 Å². The van der Waals surface area contributed by atoms with Gasteiger partial charge >= 0.3 is 0 Å². The SMILES string of the molecule is Cc1cc(CC[C]=O)cc(C(C)(C)C)c1O. The van der Waals surface area contributed by atoms with Crippen LogP contribution in [0.2, 0.25) is 0 Å². The second kappa shape index (κ2) is 4.69. The summed E-state index contributed by atoms with van der Waals surface area (Å²) in [5.74, 6) is 0.367. The van der Waals surface area contributed by atoms with Crippen LogP contribution in [0.15, 0.2) is 12.1 Å². The molecule has 1 aromatic rings. The molecule has 2 nitrogen and oxygen atoms in total. The maximum atomic E-state index is 10.2. The van der Waals surface area contributed by atoms with Gasteiger partial charge in [0, 0.05) is 6.42 Å². The van der Waals surface area contributed by atoms with Crippen molar-refractivity contribution in [3.8, 4) is 5.75 Å². The number of phenolic OH excluding ortho intramolecular Hbond substituents is 1. The molecule has 1 N–H and O–H groups in total. The molecule has 16 heavy (non-hydrogen) atoms. The van der Waals surface area contributed by atoms with Gasteiger partial charge in [0.15, 0.2) is 6.29 Å². The zero-order chi connectivity index (χ0) is 12.3. The van der Waals surface area contributed by atoms with Gasteiger partial charge in [0.05, 0.1) is 0 Å². The van der Waals surface area contributed by atoms with Crippen molar-refractivity contribution in [2.75, 3.05) is 0 Å². The Morgan fingerprint density at radius 1 is 1.31 bits per heavy atom. The lowest BCUT2D eigenvalue weighted by molar-refractivity contribution is 0.442. The molecule has 0 saturated heterocycles. The standard InChI is InChI=1S/C14H19O2/c1-10-8-11(6-5-7-15)9-12(13(10)16)14(2,3)4/h8-9,16H,5-6H2,1-4H3. The molecular formula is C14H19O2. The molecule has 0 aliphatic heterocycles. The van der Waals surface area contributed by atoms with Crippen molar-refractivity contribution >= 4 is 6.29 Å². The smallest absolute Gasteiger partial charge is 0.198 e. The lowest BCUT2D eigenvalue weighted by Crippen LogP contribution is -2.12. The third-order valence-electron chi connectivity index (χ3n) is 2.68. The van der Waals surface area contributed by atoms with E-state index in [0.717, 1.165) is 16.7 Å². The molecule has 0 bridgehead atoms. The topological polar surface area (TPSA) is 37.3 Å². The lowest BCUT2D eigenvalue weighted by atomic mass is 9.84. The first-order valence-corrected chi connectivity index (χ1v) is 5.54. The molecule has 87 valence electrons. The molecule has 1 aromatic carbocycles. The average molecular weight is 219 g/mol. The predicted molar refractivity (Wildman–Crippen MR) is 65.6 cm³/mol. The molecule has 0 aromatic heterocycles. The summed E-state index contributed by atoms with van der Waals surface area (Å²) in [7, 11) is 0. The predicted octanol–water partition coefficient (Wildman–Crippen LogP) is 3.04. The Balaban J connectivity index is 3.17. The van der Waals surface area contributed by atoms with E-state index in [9.17, 15) is 9.90 Å². The monoisotopic (exact) mass is 219 g/mol. The van der Waals surface area contributed by atoms with E-state index in [2.05, 4.69) is 20.8 Å². The molecule has 1 radical (unpaired) electrons. The van der Waals surface area contributed by atoms with E-state index in [4.69, 9.17) is 0 Å². The molecule has 2 heteroatoms. The number of phenols is 1. The van der Waals surface area contributed by atoms with Crippen LogP contribution in [0.5, 0.6) is 5.75 Å². The van der Waals surface area contributed by atoms with E-state index in [1.165, 1.54) is 0 Å². The quantitative estimate of drug-likeness (QED) is 0.848. The first kappa shape index (κ1) is 12.8. The van der Waals surface area contributed by atoms with E-state index < -0.39 is 0 Å². The molecule has 1 rings (SSSR count). The Morgan fingerprint density at radius 2 is 1.94 bits per heavy atom. The zero-order valence-corrected chi connectivity index (χ0v) is 10.4. The summed E-state index contributed by atoms with van der Waals surface area (Å²) in [5, 5.41) is 10.0. The molecule has 0 aliphatic carbocycles. The van der Waals surface area contributed by atoms with Crippen LogP contribution in [0.25, 0.3) is 0 Å². The van der Waals surface area contributed by atoms with E-state index in [1.54, 1.807) is 0 Å². The molecule has 0 amide bonds. The summed E-state index contributed by atoms with van der Waals surface area (Å²) in [5.41, 5.74) is 2.81. The van der Waals surface area contributed by atoms with Gasteiger partial charge in [0.25, 0.3) is 0 Å². The second-order valence-corrected chi connectivity index (χ2v) is 5.20. The van der Waals surface area contributed by atoms with Crippen molar-refractivity contribution in [1.29, 1.82) is 0 Å². The van der Waals surface area contributed by atoms with Gasteiger partial charge in [-0.2, -0.15) is 0 Å². The van der Waals surface area contributed by atoms with Gasteiger partial charge in [-0.3, -0.25) is 4.79 Å². The summed E-state index contributed by atoms with van der Waals surface area (Å²) >= 11 is 0. The van der Waals surface area contributed by atoms with Crippen molar-refractivity contribution in [3.05, 3.63) is 28.8 Å². The largest absolute Gasteiger partial charge is 0.507 e. The molecular weight excluding hydrogens is 200 g/mol. The van der Waals surface area contributed by atoms with Crippen LogP contribution in [0, 0.1) is 6.92 Å². The van der Waals surface area contributed by atoms with Crippen LogP contribution >= 0.6 is 0 Å². The molecule has 0 saturated carbocycles. The number of rotatable bonds is 3. The van der Waals surface area contributed by atoms with E-state index in [-0.39, 0.29) is 5.41 Å². The Kier molecular flexibility index (Phi) is 3.74. The van der Waals surface area contributed by atoms with Crippen LogP contribution in [-0.2, 0) is 16.6 Å². The molecule has 0 fully saturated rings. The van der Waals surface area contributed by atoms with Gasteiger partial charge in [0.2, 0.25) is 0 Å². The molecule has 0 aliphatic rings. The molecule has 0 spiro atoms. The van der Waals surface area contributed by atoms with Gasteiger partial charge in [-0.1, -0.05) is 32.9 Å². The molecule has 0 heterocycles. The number of aromatic hydroxyl groups is 1. The van der Waals surface area contributed by atoms with Crippen LogP contribution in [-0.4, -0.2) is 11.4 Å². The van der Waals surface area contributed by atoms with Crippen LogP contribution in [0.3, 0.4) is 0 Å². The highest BCUT2D eigenvalue weighted by atomic mass is 16.3. The Morgan fingerprint density at radius 3 is 2.44 bits per heavy atom. The van der Waals surface area contributed by atoms with Crippen molar-refractivity contribution < 1.29 is 9.90 Å². The van der Waals surface area contributed by atoms with Crippen LogP contribution < -0.4 is 0 Å². The Labute approximate surface area is 97.3 Å². The number of benzene rings is 1. The second-order valence-electron chi connectivity index (χ2n) is 5.20. The lowest BCUT2D eigenvalue weighted by Gasteiger charge is -2.22. The Hall–Kier alpha value is -1.31. The van der Waals surface area contributed by atoms with Crippen molar-refractivity contribution in [1.82, 2.24) is 0 Å². The number of aryl methyl sites for hydroxylation is 2. The van der Waals surface area contributed by atoms with E-state index in [0.29, 0.717) is 18.6 Å². The van der Waals surface area contributed by atoms with E-state index >= 15 is 0 Å². The fraction of sp³-hybridized carbons (Fsp3) is 0.500.